The summed E-state index contributed by atoms with van der Waals surface area (Å²) in [6.45, 7) is 1.25. The van der Waals surface area contributed by atoms with E-state index in [9.17, 15) is 4.79 Å². The van der Waals surface area contributed by atoms with E-state index in [1.54, 1.807) is 11.2 Å². The fourth-order valence-corrected chi connectivity index (χ4v) is 4.60. The number of benzene rings is 2. The van der Waals surface area contributed by atoms with E-state index in [0.29, 0.717) is 23.3 Å². The monoisotopic (exact) mass is 419 g/mol. The highest BCUT2D eigenvalue weighted by atomic mass is 32.1. The Hall–Kier alpha value is -3.03. The Morgan fingerprint density at radius 1 is 1.10 bits per heavy atom. The summed E-state index contributed by atoms with van der Waals surface area (Å²) in [4.78, 5) is 24.2. The molecule has 152 valence electrons. The lowest BCUT2D eigenvalue weighted by atomic mass is 10.2. The molecule has 3 heterocycles. The third-order valence-corrected chi connectivity index (χ3v) is 6.19. The largest absolute Gasteiger partial charge is 0.444 e. The fraction of sp³-hybridized carbons (Fsp3) is 0.261. The van der Waals surface area contributed by atoms with Gasteiger partial charge in [-0.1, -0.05) is 41.7 Å². The van der Waals surface area contributed by atoms with E-state index < -0.39 is 0 Å². The number of fused-ring (bicyclic) bond motifs is 1. The molecule has 6 nitrogen and oxygen atoms in total. The van der Waals surface area contributed by atoms with Gasteiger partial charge >= 0.3 is 0 Å². The van der Waals surface area contributed by atoms with E-state index in [0.717, 1.165) is 35.2 Å². The molecule has 0 bridgehead atoms. The number of nitrogens with zero attached hydrogens (tertiary/aromatic N) is 3. The first kappa shape index (κ1) is 19.0. The van der Waals surface area contributed by atoms with Gasteiger partial charge in [0.15, 0.2) is 5.13 Å². The average molecular weight is 420 g/mol. The second-order valence-electron chi connectivity index (χ2n) is 7.29. The first-order chi connectivity index (χ1) is 14.8. The van der Waals surface area contributed by atoms with Gasteiger partial charge in [0.25, 0.3) is 0 Å². The van der Waals surface area contributed by atoms with Crippen LogP contribution in [0.15, 0.2) is 65.3 Å². The molecule has 2 aromatic carbocycles. The van der Waals surface area contributed by atoms with Gasteiger partial charge in [-0.2, -0.15) is 0 Å². The molecule has 30 heavy (non-hydrogen) atoms. The quantitative estimate of drug-likeness (QED) is 0.453. The summed E-state index contributed by atoms with van der Waals surface area (Å²) < 4.78 is 12.4. The number of anilines is 1. The summed E-state index contributed by atoms with van der Waals surface area (Å²) >= 11 is 1.52. The van der Waals surface area contributed by atoms with Crippen molar-refractivity contribution in [1.82, 2.24) is 9.97 Å². The van der Waals surface area contributed by atoms with Crippen LogP contribution in [0.2, 0.25) is 0 Å². The van der Waals surface area contributed by atoms with E-state index in [2.05, 4.69) is 4.98 Å². The number of hydrogen-bond acceptors (Lipinski definition) is 6. The molecular formula is C23H21N3O3S. The SMILES string of the molecule is O=C(Cc1coc(-c2ccccc2)n1)N(CC1CCCO1)c1nc2ccccc2s1. The van der Waals surface area contributed by atoms with Crippen LogP contribution in [0.5, 0.6) is 0 Å². The summed E-state index contributed by atoms with van der Waals surface area (Å²) in [7, 11) is 0. The minimum absolute atomic E-state index is 0.0400. The Kier molecular flexibility index (Phi) is 5.29. The second kappa shape index (κ2) is 8.38. The molecule has 1 aliphatic rings. The van der Waals surface area contributed by atoms with E-state index in [1.807, 2.05) is 54.6 Å². The van der Waals surface area contributed by atoms with E-state index >= 15 is 0 Å². The third kappa shape index (κ3) is 3.99. The van der Waals surface area contributed by atoms with Crippen LogP contribution >= 0.6 is 11.3 Å². The zero-order valence-corrected chi connectivity index (χ0v) is 17.2. The Labute approximate surface area is 178 Å². The second-order valence-corrected chi connectivity index (χ2v) is 8.30. The third-order valence-electron chi connectivity index (χ3n) is 5.13. The van der Waals surface area contributed by atoms with Gasteiger partial charge in [0.2, 0.25) is 11.8 Å². The van der Waals surface area contributed by atoms with Crippen molar-refractivity contribution in [3.8, 4) is 11.5 Å². The van der Waals surface area contributed by atoms with Crippen molar-refractivity contribution in [1.29, 1.82) is 0 Å². The molecule has 1 aliphatic heterocycles. The molecule has 5 rings (SSSR count). The Bertz CT molecular complexity index is 1120. The van der Waals surface area contributed by atoms with Crippen LogP contribution < -0.4 is 4.90 Å². The van der Waals surface area contributed by atoms with Crippen LogP contribution in [-0.2, 0) is 16.0 Å². The molecule has 0 spiro atoms. The lowest BCUT2D eigenvalue weighted by Crippen LogP contribution is -2.38. The smallest absolute Gasteiger partial charge is 0.235 e. The van der Waals surface area contributed by atoms with Gasteiger partial charge in [-0.05, 0) is 37.1 Å². The number of ether oxygens (including phenoxy) is 1. The van der Waals surface area contributed by atoms with Crippen molar-refractivity contribution in [2.45, 2.75) is 25.4 Å². The number of carbonyl (C=O) groups excluding carboxylic acids is 1. The topological polar surface area (TPSA) is 68.5 Å². The van der Waals surface area contributed by atoms with Crippen LogP contribution in [-0.4, -0.2) is 35.1 Å². The van der Waals surface area contributed by atoms with Crippen molar-refractivity contribution >= 4 is 32.6 Å². The zero-order valence-electron chi connectivity index (χ0n) is 16.4. The molecule has 1 atom stereocenters. The highest BCUT2D eigenvalue weighted by molar-refractivity contribution is 7.22. The number of rotatable bonds is 6. The molecule has 1 saturated heterocycles. The maximum Gasteiger partial charge on any atom is 0.235 e. The number of para-hydroxylation sites is 1. The maximum absolute atomic E-state index is 13.3. The summed E-state index contributed by atoms with van der Waals surface area (Å²) in [5.41, 5.74) is 2.39. The lowest BCUT2D eigenvalue weighted by Gasteiger charge is -2.22. The molecule has 0 radical (unpaired) electrons. The Morgan fingerprint density at radius 2 is 1.93 bits per heavy atom. The average Bonchev–Trinajstić information content (AvgIpc) is 3.53. The number of amides is 1. The molecule has 1 unspecified atom stereocenters. The van der Waals surface area contributed by atoms with Crippen molar-refractivity contribution < 1.29 is 13.9 Å². The molecule has 1 fully saturated rings. The van der Waals surface area contributed by atoms with Gasteiger partial charge in [-0.3, -0.25) is 9.69 Å². The van der Waals surface area contributed by atoms with Gasteiger partial charge in [0.1, 0.15) is 6.26 Å². The van der Waals surface area contributed by atoms with Crippen LogP contribution in [0.25, 0.3) is 21.7 Å². The number of carbonyl (C=O) groups is 1. The summed E-state index contributed by atoms with van der Waals surface area (Å²) in [6, 6.07) is 17.6. The normalized spacial score (nSPS) is 16.2. The zero-order chi connectivity index (χ0) is 20.3. The predicted octanol–water partition coefficient (Wildman–Crippen LogP) is 4.71. The molecule has 7 heteroatoms. The van der Waals surface area contributed by atoms with Gasteiger partial charge in [-0.15, -0.1) is 0 Å². The Balaban J connectivity index is 1.39. The van der Waals surface area contributed by atoms with Crippen molar-refractivity contribution in [2.24, 2.45) is 0 Å². The molecule has 4 aromatic rings. The van der Waals surface area contributed by atoms with Gasteiger partial charge < -0.3 is 9.15 Å². The predicted molar refractivity (Wildman–Crippen MR) is 117 cm³/mol. The number of thiazole rings is 1. The number of oxazole rings is 1. The maximum atomic E-state index is 13.3. The van der Waals surface area contributed by atoms with Crippen molar-refractivity contribution in [3.63, 3.8) is 0 Å². The number of aromatic nitrogens is 2. The molecule has 0 N–H and O–H groups in total. The van der Waals surface area contributed by atoms with Gasteiger partial charge in [-0.25, -0.2) is 9.97 Å². The van der Waals surface area contributed by atoms with Crippen LogP contribution in [0.1, 0.15) is 18.5 Å². The molecule has 2 aromatic heterocycles. The minimum Gasteiger partial charge on any atom is -0.444 e. The van der Waals surface area contributed by atoms with Crippen molar-refractivity contribution in [2.75, 3.05) is 18.1 Å². The first-order valence-electron chi connectivity index (χ1n) is 10.0. The summed E-state index contributed by atoms with van der Waals surface area (Å²) in [5.74, 6) is 0.460. The number of hydrogen-bond donors (Lipinski definition) is 0. The lowest BCUT2D eigenvalue weighted by molar-refractivity contribution is -0.118. The van der Waals surface area contributed by atoms with E-state index in [-0.39, 0.29) is 18.4 Å². The standard InChI is InChI=1S/C23H21N3O3S/c27-21(13-17-15-29-22(24-17)16-7-2-1-3-8-16)26(14-18-9-6-12-28-18)23-25-19-10-4-5-11-20(19)30-23/h1-5,7-8,10-11,15,18H,6,9,12-14H2. The van der Waals surface area contributed by atoms with Crippen molar-refractivity contribution in [3.05, 3.63) is 66.6 Å². The fourth-order valence-electron chi connectivity index (χ4n) is 3.61. The molecule has 1 amide bonds. The molecule has 0 aliphatic carbocycles. The Morgan fingerprint density at radius 3 is 2.73 bits per heavy atom. The molecular weight excluding hydrogens is 398 g/mol. The first-order valence-corrected chi connectivity index (χ1v) is 10.9. The van der Waals surface area contributed by atoms with E-state index in [4.69, 9.17) is 14.1 Å². The van der Waals surface area contributed by atoms with Gasteiger partial charge in [0.05, 0.1) is 35.0 Å². The summed E-state index contributed by atoms with van der Waals surface area (Å²) in [5, 5.41) is 0.698. The molecule has 0 saturated carbocycles. The van der Waals surface area contributed by atoms with Crippen LogP contribution in [0, 0.1) is 0 Å². The summed E-state index contributed by atoms with van der Waals surface area (Å²) in [6.07, 6.45) is 3.73. The highest BCUT2D eigenvalue weighted by Gasteiger charge is 2.27. The van der Waals surface area contributed by atoms with E-state index in [1.165, 1.54) is 11.3 Å². The van der Waals surface area contributed by atoms with Gasteiger partial charge in [0, 0.05) is 12.2 Å². The minimum atomic E-state index is -0.0579. The van der Waals surface area contributed by atoms with Crippen LogP contribution in [0.3, 0.4) is 0 Å². The highest BCUT2D eigenvalue weighted by Crippen LogP contribution is 2.30. The van der Waals surface area contributed by atoms with Crippen LogP contribution in [0.4, 0.5) is 5.13 Å².